The lowest BCUT2D eigenvalue weighted by Crippen LogP contribution is -2.26. The summed E-state index contributed by atoms with van der Waals surface area (Å²) in [7, 11) is 0. The molecule has 0 amide bonds. The molecule has 0 unspecified atom stereocenters. The van der Waals surface area contributed by atoms with Gasteiger partial charge in [0.2, 0.25) is 0 Å². The van der Waals surface area contributed by atoms with Crippen molar-refractivity contribution in [2.45, 2.75) is 32.2 Å². The van der Waals surface area contributed by atoms with Crippen molar-refractivity contribution in [1.82, 2.24) is 9.88 Å². The molecule has 1 aromatic heterocycles. The van der Waals surface area contributed by atoms with Gasteiger partial charge in [-0.2, -0.15) is 0 Å². The zero-order valence-electron chi connectivity index (χ0n) is 11.5. The highest BCUT2D eigenvalue weighted by Crippen LogP contribution is 2.24. The maximum absolute atomic E-state index is 12.7. The quantitative estimate of drug-likeness (QED) is 0.859. The van der Waals surface area contributed by atoms with E-state index in [0.29, 0.717) is 0 Å². The predicted octanol–water partition coefficient (Wildman–Crippen LogP) is 2.31. The first-order valence-corrected chi connectivity index (χ1v) is 7.39. The molecule has 2 aromatic rings. The third kappa shape index (κ3) is 1.81. The second kappa shape index (κ2) is 4.60. The fourth-order valence-electron chi connectivity index (χ4n) is 3.41. The van der Waals surface area contributed by atoms with Crippen LogP contribution in [0.1, 0.15) is 39.2 Å². The van der Waals surface area contributed by atoms with Crippen LogP contribution >= 0.6 is 0 Å². The van der Waals surface area contributed by atoms with Crippen LogP contribution in [0.25, 0.3) is 0 Å². The van der Waals surface area contributed by atoms with Gasteiger partial charge in [0.25, 0.3) is 5.91 Å². The normalized spacial score (nSPS) is 16.8. The van der Waals surface area contributed by atoms with Gasteiger partial charge in [0.05, 0.1) is 0 Å². The predicted molar refractivity (Wildman–Crippen MR) is 78.0 cm³/mol. The highest BCUT2D eigenvalue weighted by atomic mass is 16.2. The monoisotopic (exact) mass is 266 g/mol. The van der Waals surface area contributed by atoms with Crippen LogP contribution in [0.5, 0.6) is 0 Å². The van der Waals surface area contributed by atoms with E-state index in [-0.39, 0.29) is 5.91 Å². The van der Waals surface area contributed by atoms with Gasteiger partial charge in [0.15, 0.2) is 0 Å². The van der Waals surface area contributed by atoms with Crippen molar-refractivity contribution < 1.29 is 4.79 Å². The molecule has 0 spiro atoms. The average Bonchev–Trinajstić information content (AvgIpc) is 3.12. The lowest BCUT2D eigenvalue weighted by atomic mass is 10.1. The fourth-order valence-corrected chi connectivity index (χ4v) is 3.41. The van der Waals surface area contributed by atoms with E-state index in [4.69, 9.17) is 0 Å². The molecular formula is C17H18N2O. The van der Waals surface area contributed by atoms with Crippen LogP contribution in [0.4, 0.5) is 0 Å². The topological polar surface area (TPSA) is 34.0 Å². The maximum atomic E-state index is 12.7. The standard InChI is InChI=1S/C17H18N2O/c20-17(14-5-4-12-2-1-3-13(12)10-14)19-9-7-15-11-18-8-6-16(15)19/h4-5,7,9-10,18H,1-3,6,8,11H2. The number of fused-ring (bicyclic) bond motifs is 2. The number of benzene rings is 1. The highest BCUT2D eigenvalue weighted by molar-refractivity contribution is 5.97. The number of nitrogens with zero attached hydrogens (tertiary/aromatic N) is 1. The molecule has 1 aliphatic carbocycles. The molecule has 0 atom stereocenters. The molecule has 0 bridgehead atoms. The first-order valence-electron chi connectivity index (χ1n) is 7.39. The van der Waals surface area contributed by atoms with Crippen molar-refractivity contribution in [2.24, 2.45) is 0 Å². The molecule has 0 radical (unpaired) electrons. The summed E-state index contributed by atoms with van der Waals surface area (Å²) in [5.41, 5.74) is 6.03. The van der Waals surface area contributed by atoms with Gasteiger partial charge in [0.1, 0.15) is 0 Å². The van der Waals surface area contributed by atoms with Gasteiger partial charge < -0.3 is 5.32 Å². The van der Waals surface area contributed by atoms with Gasteiger partial charge in [-0.05, 0) is 54.2 Å². The molecule has 0 saturated heterocycles. The summed E-state index contributed by atoms with van der Waals surface area (Å²) in [4.78, 5) is 12.7. The van der Waals surface area contributed by atoms with Gasteiger partial charge >= 0.3 is 0 Å². The second-order valence-corrected chi connectivity index (χ2v) is 5.73. The summed E-state index contributed by atoms with van der Waals surface area (Å²) in [6.07, 6.45) is 6.35. The Bertz CT molecular complexity index is 684. The van der Waals surface area contributed by atoms with Crippen LogP contribution in [0.2, 0.25) is 0 Å². The summed E-state index contributed by atoms with van der Waals surface area (Å²) < 4.78 is 1.84. The Hall–Kier alpha value is -1.87. The summed E-state index contributed by atoms with van der Waals surface area (Å²) in [5, 5.41) is 3.34. The first-order chi connectivity index (χ1) is 9.83. The molecule has 20 heavy (non-hydrogen) atoms. The van der Waals surface area contributed by atoms with E-state index in [1.54, 1.807) is 0 Å². The number of rotatable bonds is 1. The zero-order valence-corrected chi connectivity index (χ0v) is 11.5. The Balaban J connectivity index is 1.72. The molecule has 2 aliphatic rings. The number of hydrogen-bond acceptors (Lipinski definition) is 2. The Morgan fingerprint density at radius 3 is 2.90 bits per heavy atom. The lowest BCUT2D eigenvalue weighted by Gasteiger charge is -2.16. The number of aryl methyl sites for hydroxylation is 2. The molecule has 3 heteroatoms. The van der Waals surface area contributed by atoms with E-state index in [9.17, 15) is 4.79 Å². The van der Waals surface area contributed by atoms with E-state index in [1.807, 2.05) is 16.8 Å². The van der Waals surface area contributed by atoms with Crippen molar-refractivity contribution in [3.8, 4) is 0 Å². The number of nitrogens with one attached hydrogen (secondary N) is 1. The summed E-state index contributed by atoms with van der Waals surface area (Å²) in [5.74, 6) is 0.114. The largest absolute Gasteiger partial charge is 0.312 e. The molecule has 1 aliphatic heterocycles. The van der Waals surface area contributed by atoms with Gasteiger partial charge in [-0.15, -0.1) is 0 Å². The van der Waals surface area contributed by atoms with Crippen molar-refractivity contribution in [2.75, 3.05) is 6.54 Å². The number of hydrogen-bond donors (Lipinski definition) is 1. The van der Waals surface area contributed by atoms with Crippen molar-refractivity contribution >= 4 is 5.91 Å². The third-order valence-corrected chi connectivity index (χ3v) is 4.50. The Morgan fingerprint density at radius 1 is 1.05 bits per heavy atom. The van der Waals surface area contributed by atoms with Crippen LogP contribution in [-0.2, 0) is 25.8 Å². The van der Waals surface area contributed by atoms with E-state index >= 15 is 0 Å². The number of aromatic nitrogens is 1. The minimum Gasteiger partial charge on any atom is -0.312 e. The molecular weight excluding hydrogens is 248 g/mol. The second-order valence-electron chi connectivity index (χ2n) is 5.73. The Morgan fingerprint density at radius 2 is 1.95 bits per heavy atom. The Kier molecular flexibility index (Phi) is 2.74. The van der Waals surface area contributed by atoms with Gasteiger partial charge in [-0.25, -0.2) is 0 Å². The SMILES string of the molecule is O=C(c1ccc2c(c1)CCC2)n1ccc2c1CCNC2. The first kappa shape index (κ1) is 11.9. The van der Waals surface area contributed by atoms with E-state index < -0.39 is 0 Å². The van der Waals surface area contributed by atoms with Crippen LogP contribution in [0.15, 0.2) is 30.5 Å². The average molecular weight is 266 g/mol. The molecule has 1 aromatic carbocycles. The molecule has 3 nitrogen and oxygen atoms in total. The van der Waals surface area contributed by atoms with Crippen molar-refractivity contribution in [1.29, 1.82) is 0 Å². The van der Waals surface area contributed by atoms with Crippen molar-refractivity contribution in [3.05, 3.63) is 58.4 Å². The van der Waals surface area contributed by atoms with E-state index in [2.05, 4.69) is 23.5 Å². The Labute approximate surface area is 118 Å². The smallest absolute Gasteiger partial charge is 0.262 e. The minimum absolute atomic E-state index is 0.114. The van der Waals surface area contributed by atoms with Crippen LogP contribution in [0, 0.1) is 0 Å². The molecule has 1 N–H and O–H groups in total. The number of carbonyl (C=O) groups excluding carboxylic acids is 1. The summed E-state index contributed by atoms with van der Waals surface area (Å²) >= 11 is 0. The van der Waals surface area contributed by atoms with Crippen molar-refractivity contribution in [3.63, 3.8) is 0 Å². The number of carbonyl (C=O) groups is 1. The van der Waals surface area contributed by atoms with E-state index in [1.165, 1.54) is 28.8 Å². The zero-order chi connectivity index (χ0) is 13.5. The van der Waals surface area contributed by atoms with Gasteiger partial charge in [-0.3, -0.25) is 9.36 Å². The summed E-state index contributed by atoms with van der Waals surface area (Å²) in [6, 6.07) is 8.28. The van der Waals surface area contributed by atoms with E-state index in [0.717, 1.165) is 37.9 Å². The third-order valence-electron chi connectivity index (χ3n) is 4.50. The van der Waals surface area contributed by atoms with Gasteiger partial charge in [0, 0.05) is 37.0 Å². The molecule has 0 fully saturated rings. The van der Waals surface area contributed by atoms with Crippen LogP contribution in [-0.4, -0.2) is 17.0 Å². The molecule has 102 valence electrons. The highest BCUT2D eigenvalue weighted by Gasteiger charge is 2.19. The molecule has 4 rings (SSSR count). The fraction of sp³-hybridized carbons (Fsp3) is 0.353. The minimum atomic E-state index is 0.114. The van der Waals surface area contributed by atoms with Crippen LogP contribution < -0.4 is 5.32 Å². The maximum Gasteiger partial charge on any atom is 0.262 e. The lowest BCUT2D eigenvalue weighted by molar-refractivity contribution is 0.0956. The molecule has 2 heterocycles. The van der Waals surface area contributed by atoms with Gasteiger partial charge in [-0.1, -0.05) is 6.07 Å². The molecule has 0 saturated carbocycles. The summed E-state index contributed by atoms with van der Waals surface area (Å²) in [6.45, 7) is 1.83. The van der Waals surface area contributed by atoms with Crippen LogP contribution in [0.3, 0.4) is 0 Å².